The molecule has 4 N–H and O–H groups in total. The topological polar surface area (TPSA) is 245 Å². The Kier molecular flexibility index (Phi) is 15.4. The Labute approximate surface area is 400 Å². The molecule has 2 aromatic heterocycles. The SMILES string of the molecule is O=C(CCN1C(=O)CC(S)C1=O)NCCC(=O)N1Cc2ccccc2-c2c(nnn2CCOCCOCCOCCNC(=O)c2ccc(-c3cc(=O)c4ccc(O)c(O)c4o3)cc2)-c2ccccc21. The number of aromatic hydroxyl groups is 2. The number of para-hydroxylation sites is 1. The minimum atomic E-state index is -0.683. The van der Waals surface area contributed by atoms with Gasteiger partial charge >= 0.3 is 0 Å². The first-order valence-corrected chi connectivity index (χ1v) is 22.8. The summed E-state index contributed by atoms with van der Waals surface area (Å²) >= 11 is 4.12. The molecule has 19 nitrogen and oxygen atoms in total. The van der Waals surface area contributed by atoms with Crippen molar-refractivity contribution < 1.29 is 52.8 Å². The van der Waals surface area contributed by atoms with Crippen LogP contribution in [0.2, 0.25) is 0 Å². The summed E-state index contributed by atoms with van der Waals surface area (Å²) in [6.07, 6.45) is -0.0463. The second-order valence-electron chi connectivity index (χ2n) is 16.1. The second-order valence-corrected chi connectivity index (χ2v) is 16.7. The van der Waals surface area contributed by atoms with Gasteiger partial charge in [0, 0.05) is 67.2 Å². The Hall–Kier alpha value is -7.39. The van der Waals surface area contributed by atoms with Crippen LogP contribution < -0.4 is 21.0 Å². The van der Waals surface area contributed by atoms with Crippen LogP contribution in [-0.2, 0) is 46.5 Å². The largest absolute Gasteiger partial charge is 0.504 e. The van der Waals surface area contributed by atoms with E-state index in [0.29, 0.717) is 62.1 Å². The van der Waals surface area contributed by atoms with Crippen LogP contribution in [0.15, 0.2) is 100 Å². The molecule has 0 aliphatic carbocycles. The molecule has 0 radical (unpaired) electrons. The lowest BCUT2D eigenvalue weighted by atomic mass is 9.95. The molecular weight excluding hydrogens is 911 g/mol. The summed E-state index contributed by atoms with van der Waals surface area (Å²) in [5.74, 6) is -2.43. The van der Waals surface area contributed by atoms with Crippen molar-refractivity contribution in [2.45, 2.75) is 37.6 Å². The lowest BCUT2D eigenvalue weighted by Gasteiger charge is -2.28. The van der Waals surface area contributed by atoms with E-state index in [1.54, 1.807) is 33.8 Å². The predicted octanol–water partition coefficient (Wildman–Crippen LogP) is 4.08. The number of hydrogen-bond acceptors (Lipinski definition) is 15. The van der Waals surface area contributed by atoms with E-state index in [2.05, 4.69) is 33.6 Å². The van der Waals surface area contributed by atoms with E-state index >= 15 is 0 Å². The third-order valence-corrected chi connectivity index (χ3v) is 11.9. The molecule has 2 aliphatic heterocycles. The summed E-state index contributed by atoms with van der Waals surface area (Å²) in [6.45, 7) is 2.84. The molecule has 8 rings (SSSR count). The highest BCUT2D eigenvalue weighted by molar-refractivity contribution is 7.81. The number of imide groups is 1. The van der Waals surface area contributed by atoms with Crippen LogP contribution in [-0.4, -0.2) is 124 Å². The molecule has 0 bridgehead atoms. The van der Waals surface area contributed by atoms with Crippen LogP contribution in [0.3, 0.4) is 0 Å². The summed E-state index contributed by atoms with van der Waals surface area (Å²) in [7, 11) is 0. The van der Waals surface area contributed by atoms with Gasteiger partial charge in [-0.3, -0.25) is 33.7 Å². The number of nitrogens with zero attached hydrogens (tertiary/aromatic N) is 5. The molecule has 4 heterocycles. The van der Waals surface area contributed by atoms with Gasteiger partial charge in [-0.1, -0.05) is 59.8 Å². The fourth-order valence-electron chi connectivity index (χ4n) is 7.99. The van der Waals surface area contributed by atoms with E-state index in [-0.39, 0.29) is 97.8 Å². The Morgan fingerprint density at radius 1 is 0.783 bits per heavy atom. The third kappa shape index (κ3) is 11.2. The van der Waals surface area contributed by atoms with Crippen molar-refractivity contribution in [3.8, 4) is 45.3 Å². The molecule has 0 spiro atoms. The number of phenols is 2. The Bertz CT molecular complexity index is 2940. The van der Waals surface area contributed by atoms with Crippen molar-refractivity contribution in [3.05, 3.63) is 112 Å². The number of carbonyl (C=O) groups excluding carboxylic acids is 5. The molecule has 1 saturated heterocycles. The monoisotopic (exact) mass is 959 g/mol. The number of amides is 5. The first-order valence-electron chi connectivity index (χ1n) is 22.3. The number of likely N-dealkylation sites (tertiary alicyclic amines) is 1. The van der Waals surface area contributed by atoms with E-state index in [4.69, 9.17) is 18.6 Å². The lowest BCUT2D eigenvalue weighted by Crippen LogP contribution is -2.37. The maximum Gasteiger partial charge on any atom is 0.251 e. The average Bonchev–Trinajstić information content (AvgIpc) is 3.87. The van der Waals surface area contributed by atoms with Gasteiger partial charge in [0.05, 0.1) is 74.7 Å². The molecule has 69 heavy (non-hydrogen) atoms. The molecule has 4 aromatic carbocycles. The fourth-order valence-corrected chi connectivity index (χ4v) is 8.29. The Balaban J connectivity index is 0.751. The van der Waals surface area contributed by atoms with Gasteiger partial charge in [0.2, 0.25) is 29.4 Å². The van der Waals surface area contributed by atoms with Crippen LogP contribution in [0.5, 0.6) is 11.5 Å². The molecular formula is C49H49N7O12S. The van der Waals surface area contributed by atoms with Gasteiger partial charge in [-0.2, -0.15) is 12.6 Å². The Morgan fingerprint density at radius 2 is 1.49 bits per heavy atom. The number of fused-ring (bicyclic) bond motifs is 6. The van der Waals surface area contributed by atoms with E-state index in [1.807, 2.05) is 48.5 Å². The molecule has 0 saturated carbocycles. The maximum absolute atomic E-state index is 13.9. The number of carbonyl (C=O) groups is 5. The number of phenolic OH excluding ortho intramolecular Hbond substituents is 2. The van der Waals surface area contributed by atoms with Crippen LogP contribution >= 0.6 is 12.6 Å². The smallest absolute Gasteiger partial charge is 0.251 e. The molecule has 358 valence electrons. The van der Waals surface area contributed by atoms with Crippen molar-refractivity contribution >= 4 is 58.8 Å². The number of benzene rings is 4. The minimum absolute atomic E-state index is 0.0113. The number of anilines is 1. The highest BCUT2D eigenvalue weighted by Crippen LogP contribution is 2.41. The van der Waals surface area contributed by atoms with Crippen molar-refractivity contribution in [2.24, 2.45) is 0 Å². The molecule has 20 heteroatoms. The van der Waals surface area contributed by atoms with Gasteiger partial charge in [-0.25, -0.2) is 4.68 Å². The highest BCUT2D eigenvalue weighted by atomic mass is 32.1. The van der Waals surface area contributed by atoms with Gasteiger partial charge < -0.3 is 44.4 Å². The van der Waals surface area contributed by atoms with Crippen LogP contribution in [0.4, 0.5) is 5.69 Å². The van der Waals surface area contributed by atoms with Crippen molar-refractivity contribution in [2.75, 3.05) is 64.2 Å². The van der Waals surface area contributed by atoms with Crippen molar-refractivity contribution in [3.63, 3.8) is 0 Å². The number of thiol groups is 1. The minimum Gasteiger partial charge on any atom is -0.504 e. The van der Waals surface area contributed by atoms with Gasteiger partial charge in [0.1, 0.15) is 11.5 Å². The molecule has 2 aliphatic rings. The zero-order chi connectivity index (χ0) is 48.4. The molecule has 1 atom stereocenters. The van der Waals surface area contributed by atoms with Gasteiger partial charge in [0.25, 0.3) is 5.91 Å². The highest BCUT2D eigenvalue weighted by Gasteiger charge is 2.36. The number of ether oxygens (including phenoxy) is 3. The summed E-state index contributed by atoms with van der Waals surface area (Å²) in [6, 6.07) is 25.5. The number of nitrogens with one attached hydrogen (secondary N) is 2. The Morgan fingerprint density at radius 3 is 2.25 bits per heavy atom. The zero-order valence-corrected chi connectivity index (χ0v) is 38.2. The third-order valence-electron chi connectivity index (χ3n) is 11.5. The lowest BCUT2D eigenvalue weighted by molar-refractivity contribution is -0.138. The number of hydrogen-bond donors (Lipinski definition) is 5. The van der Waals surface area contributed by atoms with Crippen LogP contribution in [0.25, 0.3) is 44.8 Å². The number of rotatable bonds is 20. The van der Waals surface area contributed by atoms with E-state index < -0.39 is 22.7 Å². The second kappa shape index (κ2) is 22.1. The van der Waals surface area contributed by atoms with Gasteiger partial charge in [-0.05, 0) is 35.9 Å². The van der Waals surface area contributed by atoms with E-state index in [1.165, 1.54) is 18.2 Å². The quantitative estimate of drug-likeness (QED) is 0.0314. The standard InChI is InChI=1S/C49H49N7O12S/c57-37-14-13-35-38(58)27-39(68-47(35)46(37)62)30-9-11-31(12-10-30)48(63)51-18-21-65-23-25-67-26-24-66-22-20-56-45-33-6-2-1-5-32(33)29-55(36-8-4-3-7-34(36)44(45)52-53-56)42(60)15-17-50-41(59)16-19-54-43(61)28-40(69)49(54)64/h1-14,27,40,57,62,69H,15-26,28-29H2,(H,50,59)(H,51,63). The van der Waals surface area contributed by atoms with Gasteiger partial charge in [0.15, 0.2) is 16.8 Å². The summed E-state index contributed by atoms with van der Waals surface area (Å²) in [4.78, 5) is 78.7. The normalized spacial score (nSPS) is 14.2. The van der Waals surface area contributed by atoms with Crippen molar-refractivity contribution in [1.29, 1.82) is 0 Å². The van der Waals surface area contributed by atoms with Crippen LogP contribution in [0.1, 0.15) is 35.2 Å². The number of aromatic nitrogens is 3. The van der Waals surface area contributed by atoms with Crippen LogP contribution in [0, 0.1) is 0 Å². The molecule has 6 aromatic rings. The van der Waals surface area contributed by atoms with E-state index in [9.17, 15) is 39.0 Å². The molecule has 1 fully saturated rings. The maximum atomic E-state index is 13.9. The predicted molar refractivity (Wildman–Crippen MR) is 254 cm³/mol. The summed E-state index contributed by atoms with van der Waals surface area (Å²) < 4.78 is 24.7. The first kappa shape index (κ1) is 48.1. The molecule has 5 amide bonds. The summed E-state index contributed by atoms with van der Waals surface area (Å²) in [5.41, 5.74) is 4.89. The first-order chi connectivity index (χ1) is 33.5. The van der Waals surface area contributed by atoms with E-state index in [0.717, 1.165) is 27.3 Å². The van der Waals surface area contributed by atoms with Crippen molar-refractivity contribution in [1.82, 2.24) is 30.5 Å². The zero-order valence-electron chi connectivity index (χ0n) is 37.3. The average molecular weight is 960 g/mol. The molecule has 1 unspecified atom stereocenters. The summed E-state index contributed by atoms with van der Waals surface area (Å²) in [5, 5.41) is 34.0. The van der Waals surface area contributed by atoms with Gasteiger partial charge in [-0.15, -0.1) is 5.10 Å². The fraction of sp³-hybridized carbons (Fsp3) is 0.306.